The summed E-state index contributed by atoms with van der Waals surface area (Å²) in [5.74, 6) is -0.331. The predicted molar refractivity (Wildman–Crippen MR) is 86.8 cm³/mol. The number of rotatable bonds is 4. The van der Waals surface area contributed by atoms with Crippen molar-refractivity contribution >= 4 is 17.2 Å². The second-order valence-corrected chi connectivity index (χ2v) is 6.54. The molecule has 0 radical (unpaired) electrons. The number of likely N-dealkylation sites (tertiary alicyclic amines) is 2. The van der Waals surface area contributed by atoms with Crippen LogP contribution in [0.4, 0.5) is 4.39 Å². The molecule has 21 heavy (non-hydrogen) atoms. The van der Waals surface area contributed by atoms with Gasteiger partial charge in [-0.05, 0) is 50.0 Å². The van der Waals surface area contributed by atoms with Gasteiger partial charge in [-0.3, -0.25) is 9.80 Å². The van der Waals surface area contributed by atoms with E-state index in [4.69, 9.17) is 18.0 Å². The Bertz CT molecular complexity index is 528. The van der Waals surface area contributed by atoms with E-state index in [0.29, 0.717) is 11.6 Å². The van der Waals surface area contributed by atoms with Gasteiger partial charge in [-0.1, -0.05) is 18.3 Å². The Labute approximate surface area is 130 Å². The highest BCUT2D eigenvalue weighted by atomic mass is 32.1. The lowest BCUT2D eigenvalue weighted by atomic mass is 10.1. The lowest BCUT2D eigenvalue weighted by molar-refractivity contribution is 0.230. The Morgan fingerprint density at radius 2 is 2.05 bits per heavy atom. The molecule has 1 atom stereocenters. The second kappa shape index (κ2) is 6.38. The molecule has 2 N–H and O–H groups in total. The second-order valence-electron chi connectivity index (χ2n) is 6.10. The summed E-state index contributed by atoms with van der Waals surface area (Å²) >= 11 is 4.90. The number of benzene rings is 1. The van der Waals surface area contributed by atoms with Gasteiger partial charge in [0.1, 0.15) is 10.8 Å². The Morgan fingerprint density at radius 1 is 1.29 bits per heavy atom. The Hall–Kier alpha value is -1.04. The van der Waals surface area contributed by atoms with E-state index >= 15 is 0 Å². The zero-order valence-corrected chi connectivity index (χ0v) is 13.0. The maximum absolute atomic E-state index is 13.6. The van der Waals surface area contributed by atoms with Crippen molar-refractivity contribution in [2.24, 2.45) is 5.73 Å². The number of hydrogen-bond donors (Lipinski definition) is 1. The van der Waals surface area contributed by atoms with Crippen molar-refractivity contribution in [3.63, 3.8) is 0 Å². The van der Waals surface area contributed by atoms with E-state index in [1.54, 1.807) is 6.07 Å². The topological polar surface area (TPSA) is 32.5 Å². The highest BCUT2D eigenvalue weighted by molar-refractivity contribution is 7.80. The minimum absolute atomic E-state index is 0.130. The Morgan fingerprint density at radius 3 is 2.76 bits per heavy atom. The summed E-state index contributed by atoms with van der Waals surface area (Å²) < 4.78 is 13.6. The Balaban J connectivity index is 1.62. The third-order valence-electron chi connectivity index (χ3n) is 4.61. The average Bonchev–Trinajstić information content (AvgIpc) is 3.11. The normalized spacial score (nSPS) is 23.8. The summed E-state index contributed by atoms with van der Waals surface area (Å²) in [5, 5.41) is 0. The first-order valence-electron chi connectivity index (χ1n) is 7.68. The molecule has 0 amide bonds. The molecule has 1 aromatic carbocycles. The zero-order chi connectivity index (χ0) is 14.8. The van der Waals surface area contributed by atoms with E-state index < -0.39 is 0 Å². The first-order chi connectivity index (χ1) is 10.1. The number of thiocarbonyl (C=S) groups is 1. The molecule has 0 saturated carbocycles. The minimum Gasteiger partial charge on any atom is -0.389 e. The molecule has 3 rings (SSSR count). The molecule has 0 spiro atoms. The summed E-state index contributed by atoms with van der Waals surface area (Å²) in [4.78, 5) is 5.19. The van der Waals surface area contributed by atoms with Gasteiger partial charge in [-0.15, -0.1) is 0 Å². The first-order valence-corrected chi connectivity index (χ1v) is 8.09. The van der Waals surface area contributed by atoms with Crippen molar-refractivity contribution in [2.45, 2.75) is 31.8 Å². The van der Waals surface area contributed by atoms with Crippen molar-refractivity contribution in [3.05, 3.63) is 35.1 Å². The molecule has 2 fully saturated rings. The number of hydrogen-bond acceptors (Lipinski definition) is 3. The van der Waals surface area contributed by atoms with Gasteiger partial charge in [0.2, 0.25) is 0 Å². The van der Waals surface area contributed by atoms with Crippen LogP contribution in [-0.2, 0) is 6.54 Å². The summed E-state index contributed by atoms with van der Waals surface area (Å²) in [6.45, 7) is 5.57. The molecular weight excluding hydrogens is 285 g/mol. The van der Waals surface area contributed by atoms with E-state index in [-0.39, 0.29) is 10.8 Å². The van der Waals surface area contributed by atoms with Crippen LogP contribution in [0.15, 0.2) is 18.2 Å². The van der Waals surface area contributed by atoms with Gasteiger partial charge < -0.3 is 5.73 Å². The van der Waals surface area contributed by atoms with Crippen LogP contribution in [0, 0.1) is 5.82 Å². The molecule has 0 aromatic heterocycles. The molecule has 2 heterocycles. The summed E-state index contributed by atoms with van der Waals surface area (Å²) in [7, 11) is 0. The van der Waals surface area contributed by atoms with Crippen molar-refractivity contribution in [2.75, 3.05) is 26.2 Å². The van der Waals surface area contributed by atoms with E-state index in [1.807, 2.05) is 6.07 Å². The van der Waals surface area contributed by atoms with Crippen LogP contribution in [0.25, 0.3) is 0 Å². The summed E-state index contributed by atoms with van der Waals surface area (Å²) in [5.41, 5.74) is 7.01. The van der Waals surface area contributed by atoms with E-state index in [9.17, 15) is 4.39 Å². The van der Waals surface area contributed by atoms with Crippen LogP contribution < -0.4 is 5.73 Å². The lowest BCUT2D eigenvalue weighted by Crippen LogP contribution is -2.35. The number of halogens is 1. The highest BCUT2D eigenvalue weighted by Crippen LogP contribution is 2.22. The van der Waals surface area contributed by atoms with E-state index in [0.717, 1.165) is 25.2 Å². The van der Waals surface area contributed by atoms with Crippen LogP contribution in [-0.4, -0.2) is 47.0 Å². The van der Waals surface area contributed by atoms with Crippen molar-refractivity contribution in [3.8, 4) is 0 Å². The monoisotopic (exact) mass is 307 g/mol. The van der Waals surface area contributed by atoms with Crippen molar-refractivity contribution < 1.29 is 4.39 Å². The van der Waals surface area contributed by atoms with Crippen LogP contribution in [0.5, 0.6) is 0 Å². The smallest absolute Gasteiger partial charge is 0.133 e. The fraction of sp³-hybridized carbons (Fsp3) is 0.562. The average molecular weight is 307 g/mol. The number of nitrogens with zero attached hydrogens (tertiary/aromatic N) is 2. The molecule has 0 bridgehead atoms. The van der Waals surface area contributed by atoms with Crippen molar-refractivity contribution in [1.29, 1.82) is 0 Å². The number of nitrogens with two attached hydrogens (primary N) is 1. The molecule has 114 valence electrons. The molecule has 3 nitrogen and oxygen atoms in total. The van der Waals surface area contributed by atoms with Gasteiger partial charge in [0, 0.05) is 31.2 Å². The molecule has 2 aliphatic heterocycles. The maximum atomic E-state index is 13.6. The van der Waals surface area contributed by atoms with Gasteiger partial charge >= 0.3 is 0 Å². The molecule has 1 aromatic rings. The van der Waals surface area contributed by atoms with Crippen LogP contribution in [0.1, 0.15) is 30.4 Å². The molecule has 2 saturated heterocycles. The summed E-state index contributed by atoms with van der Waals surface area (Å²) in [6, 6.07) is 5.79. The largest absolute Gasteiger partial charge is 0.389 e. The molecule has 1 unspecified atom stereocenters. The van der Waals surface area contributed by atoms with E-state index in [2.05, 4.69) is 9.80 Å². The van der Waals surface area contributed by atoms with Gasteiger partial charge in [0.25, 0.3) is 0 Å². The highest BCUT2D eigenvalue weighted by Gasteiger charge is 2.29. The van der Waals surface area contributed by atoms with Crippen LogP contribution >= 0.6 is 12.2 Å². The van der Waals surface area contributed by atoms with Crippen LogP contribution in [0.2, 0.25) is 0 Å². The summed E-state index contributed by atoms with van der Waals surface area (Å²) in [6.07, 6.45) is 3.92. The standard InChI is InChI=1S/C16H22FN3S/c17-15-4-3-12(9-14(15)16(18)21)10-19-8-5-13(11-19)20-6-1-2-7-20/h3-4,9,13H,1-2,5-8,10-11H2,(H2,18,21). The molecule has 2 aliphatic rings. The fourth-order valence-corrected chi connectivity index (χ4v) is 3.63. The maximum Gasteiger partial charge on any atom is 0.133 e. The molecular formula is C16H22FN3S. The quantitative estimate of drug-likeness (QED) is 0.864. The first kappa shape index (κ1) is 14.9. The van der Waals surface area contributed by atoms with Crippen LogP contribution in [0.3, 0.4) is 0 Å². The fourth-order valence-electron chi connectivity index (χ4n) is 3.48. The van der Waals surface area contributed by atoms with Gasteiger partial charge in [0.15, 0.2) is 0 Å². The molecule has 0 aliphatic carbocycles. The SMILES string of the molecule is NC(=S)c1cc(CN2CCC(N3CCCC3)C2)ccc1F. The zero-order valence-electron chi connectivity index (χ0n) is 12.2. The minimum atomic E-state index is -0.331. The van der Waals surface area contributed by atoms with Gasteiger partial charge in [-0.2, -0.15) is 0 Å². The third-order valence-corrected chi connectivity index (χ3v) is 4.83. The lowest BCUT2D eigenvalue weighted by Gasteiger charge is -2.23. The van der Waals surface area contributed by atoms with Gasteiger partial charge in [0.05, 0.1) is 0 Å². The van der Waals surface area contributed by atoms with E-state index in [1.165, 1.54) is 38.4 Å². The Kier molecular flexibility index (Phi) is 4.52. The molecule has 5 heteroatoms. The third kappa shape index (κ3) is 3.42. The predicted octanol–water partition coefficient (Wildman–Crippen LogP) is 2.13. The van der Waals surface area contributed by atoms with Crippen molar-refractivity contribution in [1.82, 2.24) is 9.80 Å². The van der Waals surface area contributed by atoms with Gasteiger partial charge in [-0.25, -0.2) is 4.39 Å².